The summed E-state index contributed by atoms with van der Waals surface area (Å²) in [4.78, 5) is 15.9. The lowest BCUT2D eigenvalue weighted by Gasteiger charge is -2.19. The molecule has 3 atom stereocenters. The fourth-order valence-electron chi connectivity index (χ4n) is 3.71. The molecule has 5 nitrogen and oxygen atoms in total. The zero-order valence-corrected chi connectivity index (χ0v) is 14.6. The minimum Gasteiger partial charge on any atom is -0.459 e. The number of nitrogens with one attached hydrogen (secondary N) is 1. The van der Waals surface area contributed by atoms with Crippen LogP contribution in [0.4, 0.5) is 0 Å². The molecule has 2 aliphatic heterocycles. The van der Waals surface area contributed by atoms with Crippen molar-refractivity contribution in [3.05, 3.63) is 46.0 Å². The van der Waals surface area contributed by atoms with Crippen molar-refractivity contribution in [2.45, 2.75) is 19.6 Å². The number of rotatable bonds is 5. The van der Waals surface area contributed by atoms with E-state index in [9.17, 15) is 4.79 Å². The van der Waals surface area contributed by atoms with E-state index in [1.165, 1.54) is 16.7 Å². The van der Waals surface area contributed by atoms with Crippen LogP contribution in [-0.2, 0) is 11.3 Å². The molecule has 0 spiro atoms. The molecular weight excluding hydrogens is 324 g/mol. The first-order chi connectivity index (χ1) is 11.7. The molecule has 2 saturated heterocycles. The van der Waals surface area contributed by atoms with Crippen molar-refractivity contribution in [1.29, 1.82) is 0 Å². The highest BCUT2D eigenvalue weighted by molar-refractivity contribution is 7.10. The average Bonchev–Trinajstić information content (AvgIpc) is 3.32. The molecule has 1 amide bonds. The van der Waals surface area contributed by atoms with Crippen molar-refractivity contribution in [1.82, 2.24) is 10.2 Å². The number of nitrogens with zero attached hydrogens (tertiary/aromatic N) is 1. The summed E-state index contributed by atoms with van der Waals surface area (Å²) in [5.74, 6) is 1.10. The second kappa shape index (κ2) is 6.70. The van der Waals surface area contributed by atoms with Crippen LogP contribution in [0.2, 0.25) is 0 Å². The molecule has 4 rings (SSSR count). The minimum atomic E-state index is -0.146. The first-order valence-corrected chi connectivity index (χ1v) is 9.27. The number of amides is 1. The Bertz CT molecular complexity index is 697. The Morgan fingerprint density at radius 3 is 3.08 bits per heavy atom. The van der Waals surface area contributed by atoms with Crippen LogP contribution in [0.5, 0.6) is 0 Å². The van der Waals surface area contributed by atoms with E-state index in [4.69, 9.17) is 9.15 Å². The van der Waals surface area contributed by atoms with Gasteiger partial charge in [-0.25, -0.2) is 0 Å². The molecule has 6 heteroatoms. The Morgan fingerprint density at radius 1 is 1.42 bits per heavy atom. The summed E-state index contributed by atoms with van der Waals surface area (Å²) in [5, 5.41) is 5.14. The van der Waals surface area contributed by atoms with Gasteiger partial charge in [-0.15, -0.1) is 11.3 Å². The van der Waals surface area contributed by atoms with Crippen LogP contribution in [0.3, 0.4) is 0 Å². The van der Waals surface area contributed by atoms with Gasteiger partial charge in [0.2, 0.25) is 0 Å². The Morgan fingerprint density at radius 2 is 2.33 bits per heavy atom. The van der Waals surface area contributed by atoms with E-state index in [0.717, 1.165) is 26.2 Å². The van der Waals surface area contributed by atoms with E-state index in [-0.39, 0.29) is 5.91 Å². The highest BCUT2D eigenvalue weighted by atomic mass is 32.1. The molecule has 0 saturated carbocycles. The predicted octanol–water partition coefficient (Wildman–Crippen LogP) is 2.53. The summed E-state index contributed by atoms with van der Waals surface area (Å²) in [6.07, 6.45) is 1.82. The fourth-order valence-corrected chi connectivity index (χ4v) is 4.65. The van der Waals surface area contributed by atoms with Gasteiger partial charge < -0.3 is 14.5 Å². The van der Waals surface area contributed by atoms with Gasteiger partial charge in [0, 0.05) is 42.9 Å². The maximum Gasteiger partial charge on any atom is 0.286 e. The van der Waals surface area contributed by atoms with Gasteiger partial charge in [0.25, 0.3) is 5.91 Å². The van der Waals surface area contributed by atoms with Gasteiger partial charge in [0.05, 0.1) is 19.0 Å². The normalized spacial score (nSPS) is 26.6. The van der Waals surface area contributed by atoms with E-state index < -0.39 is 0 Å². The van der Waals surface area contributed by atoms with Gasteiger partial charge in [0.1, 0.15) is 0 Å². The summed E-state index contributed by atoms with van der Waals surface area (Å²) in [5.41, 5.74) is 1.38. The summed E-state index contributed by atoms with van der Waals surface area (Å²) >= 11 is 1.83. The Labute approximate surface area is 145 Å². The lowest BCUT2D eigenvalue weighted by Crippen LogP contribution is -2.34. The van der Waals surface area contributed by atoms with Crippen LogP contribution in [0.25, 0.3) is 0 Å². The molecule has 2 aliphatic rings. The van der Waals surface area contributed by atoms with Crippen LogP contribution in [-0.4, -0.2) is 43.2 Å². The number of hydrogen-bond acceptors (Lipinski definition) is 5. The number of likely N-dealkylation sites (tertiary alicyclic amines) is 1. The topological polar surface area (TPSA) is 54.7 Å². The smallest absolute Gasteiger partial charge is 0.286 e. The molecule has 2 fully saturated rings. The largest absolute Gasteiger partial charge is 0.459 e. The van der Waals surface area contributed by atoms with Crippen molar-refractivity contribution >= 4 is 17.2 Å². The van der Waals surface area contributed by atoms with Gasteiger partial charge in [0.15, 0.2) is 5.76 Å². The summed E-state index contributed by atoms with van der Waals surface area (Å²) < 4.78 is 11.1. The number of hydrogen-bond donors (Lipinski definition) is 1. The SMILES string of the molecule is Cc1ccsc1CN1C[C@@H]2[C@@H](CNC(=O)c3ccco3)CO[C@@H]2C1. The monoisotopic (exact) mass is 346 g/mol. The van der Waals surface area contributed by atoms with E-state index in [2.05, 4.69) is 28.6 Å². The molecule has 0 aliphatic carbocycles. The maximum absolute atomic E-state index is 12.0. The molecular formula is C18H22N2O3S. The van der Waals surface area contributed by atoms with Crippen molar-refractivity contribution in [2.75, 3.05) is 26.2 Å². The van der Waals surface area contributed by atoms with E-state index >= 15 is 0 Å². The van der Waals surface area contributed by atoms with E-state index in [0.29, 0.717) is 30.2 Å². The van der Waals surface area contributed by atoms with Gasteiger partial charge in [-0.2, -0.15) is 0 Å². The maximum atomic E-state index is 12.0. The Hall–Kier alpha value is -1.63. The molecule has 2 aromatic heterocycles. The Balaban J connectivity index is 1.31. The number of carbonyl (C=O) groups is 1. The molecule has 24 heavy (non-hydrogen) atoms. The third-order valence-electron chi connectivity index (χ3n) is 5.12. The van der Waals surface area contributed by atoms with Gasteiger partial charge in [-0.1, -0.05) is 0 Å². The van der Waals surface area contributed by atoms with Crippen molar-refractivity contribution in [3.63, 3.8) is 0 Å². The zero-order chi connectivity index (χ0) is 16.5. The lowest BCUT2D eigenvalue weighted by atomic mass is 9.93. The van der Waals surface area contributed by atoms with Gasteiger partial charge >= 0.3 is 0 Å². The highest BCUT2D eigenvalue weighted by Crippen LogP contribution is 2.34. The fraction of sp³-hybridized carbons (Fsp3) is 0.500. The minimum absolute atomic E-state index is 0.146. The second-order valence-electron chi connectivity index (χ2n) is 6.70. The van der Waals surface area contributed by atoms with E-state index in [1.54, 1.807) is 12.1 Å². The molecule has 0 bridgehead atoms. The summed E-state index contributed by atoms with van der Waals surface area (Å²) in [7, 11) is 0. The lowest BCUT2D eigenvalue weighted by molar-refractivity contribution is 0.0888. The van der Waals surface area contributed by atoms with Crippen molar-refractivity contribution < 1.29 is 13.9 Å². The summed E-state index contributed by atoms with van der Waals surface area (Å²) in [6, 6.07) is 5.59. The first-order valence-electron chi connectivity index (χ1n) is 8.39. The van der Waals surface area contributed by atoms with Crippen molar-refractivity contribution in [2.24, 2.45) is 11.8 Å². The predicted molar refractivity (Wildman–Crippen MR) is 92.1 cm³/mol. The first kappa shape index (κ1) is 15.9. The molecule has 0 radical (unpaired) electrons. The number of carbonyl (C=O) groups excluding carboxylic acids is 1. The number of thiophene rings is 1. The third kappa shape index (κ3) is 3.14. The standard InChI is InChI=1S/C18H22N2O3S/c1-12-4-6-24-17(12)10-20-8-14-13(11-23-16(14)9-20)7-19-18(21)15-3-2-5-22-15/h2-6,13-14,16H,7-11H2,1H3,(H,19,21)/t13-,14+,16+/m0/s1. The molecule has 4 heterocycles. The third-order valence-corrected chi connectivity index (χ3v) is 6.13. The quantitative estimate of drug-likeness (QED) is 0.904. The average molecular weight is 346 g/mol. The summed E-state index contributed by atoms with van der Waals surface area (Å²) in [6.45, 7) is 6.59. The second-order valence-corrected chi connectivity index (χ2v) is 7.70. The molecule has 0 aromatic carbocycles. The molecule has 128 valence electrons. The molecule has 0 unspecified atom stereocenters. The molecule has 1 N–H and O–H groups in total. The van der Waals surface area contributed by atoms with Gasteiger partial charge in [-0.05, 0) is 36.1 Å². The van der Waals surface area contributed by atoms with Crippen LogP contribution in [0.1, 0.15) is 21.0 Å². The van der Waals surface area contributed by atoms with Crippen molar-refractivity contribution in [3.8, 4) is 0 Å². The van der Waals surface area contributed by atoms with Crippen LogP contribution >= 0.6 is 11.3 Å². The highest BCUT2D eigenvalue weighted by Gasteiger charge is 2.43. The number of aryl methyl sites for hydroxylation is 1. The number of furan rings is 1. The van der Waals surface area contributed by atoms with Crippen LogP contribution in [0, 0.1) is 18.8 Å². The zero-order valence-electron chi connectivity index (χ0n) is 13.7. The van der Waals surface area contributed by atoms with Gasteiger partial charge in [-0.3, -0.25) is 9.69 Å². The van der Waals surface area contributed by atoms with Crippen LogP contribution < -0.4 is 5.32 Å². The number of ether oxygens (including phenoxy) is 1. The number of fused-ring (bicyclic) bond motifs is 1. The van der Waals surface area contributed by atoms with Crippen LogP contribution in [0.15, 0.2) is 34.3 Å². The van der Waals surface area contributed by atoms with E-state index in [1.807, 2.05) is 11.3 Å². The Kier molecular flexibility index (Phi) is 4.43. The molecule has 2 aromatic rings.